The van der Waals surface area contributed by atoms with Crippen LogP contribution in [-0.4, -0.2) is 34.6 Å². The molecule has 37 heavy (non-hydrogen) atoms. The molecule has 3 N–H and O–H groups in total. The Morgan fingerprint density at radius 2 is 1.76 bits per heavy atom. The number of aromatic amines is 1. The number of amides is 1. The van der Waals surface area contributed by atoms with E-state index in [0.717, 1.165) is 12.5 Å². The molecule has 12 heteroatoms. The summed E-state index contributed by atoms with van der Waals surface area (Å²) in [6.07, 6.45) is 5.70. The third-order valence-corrected chi connectivity index (χ3v) is 10.2. The van der Waals surface area contributed by atoms with E-state index in [0.29, 0.717) is 30.8 Å². The number of H-pyrrole nitrogens is 1. The summed E-state index contributed by atoms with van der Waals surface area (Å²) in [4.78, 5) is 19.7. The first-order valence-electron chi connectivity index (χ1n) is 11.7. The van der Waals surface area contributed by atoms with Gasteiger partial charge < -0.3 is 15.4 Å². The molecule has 7 nitrogen and oxygen atoms in total. The third kappa shape index (κ3) is 4.42. The molecule has 0 spiro atoms. The molecule has 1 aromatic heterocycles. The normalized spacial score (nSPS) is 25.6. The smallest absolute Gasteiger partial charge is 0.255 e. The summed E-state index contributed by atoms with van der Waals surface area (Å²) >= 11 is 6.27. The van der Waals surface area contributed by atoms with Gasteiger partial charge in [-0.2, -0.15) is 0 Å². The maximum absolute atomic E-state index is 13.7. The van der Waals surface area contributed by atoms with Crippen molar-refractivity contribution >= 4 is 33.0 Å². The Morgan fingerprint density at radius 3 is 2.35 bits per heavy atom. The van der Waals surface area contributed by atoms with Crippen molar-refractivity contribution in [1.29, 1.82) is 0 Å². The lowest BCUT2D eigenvalue weighted by Crippen LogP contribution is -2.53. The first kappa shape index (κ1) is 25.7. The number of sulfone groups is 1. The number of rotatable bonds is 5. The number of aromatic nitrogens is 2. The predicted octanol–water partition coefficient (Wildman–Crippen LogP) is 4.97. The largest absolute Gasteiger partial charge is 0.381 e. The summed E-state index contributed by atoms with van der Waals surface area (Å²) in [5.41, 5.74) is -1.70. The van der Waals surface area contributed by atoms with Gasteiger partial charge in [0.1, 0.15) is 11.4 Å². The summed E-state index contributed by atoms with van der Waals surface area (Å²) < 4.78 is 67.7. The number of benzene rings is 2. The van der Waals surface area contributed by atoms with E-state index >= 15 is 0 Å². The minimum absolute atomic E-state index is 0.0764. The van der Waals surface area contributed by atoms with Crippen LogP contribution in [0.3, 0.4) is 0 Å². The summed E-state index contributed by atoms with van der Waals surface area (Å²) in [5, 5.41) is 12.9. The SMILES string of the molecule is O=C(Nc1cc(F)c(F)c(F)c1)c1ccc(Cl)c(S(=O)(=O)C2CC3CCCC(C2)C3(O)c2ncc[nH]2)c1. The summed E-state index contributed by atoms with van der Waals surface area (Å²) in [6, 6.07) is 4.89. The van der Waals surface area contributed by atoms with Gasteiger partial charge in [0.2, 0.25) is 0 Å². The standard InChI is InChI=1S/C25H23ClF3N3O4S/c26-18-5-4-13(23(33)32-16-11-19(27)22(29)20(28)12-16)8-21(18)37(35,36)17-9-14-2-1-3-15(10-17)25(14,34)24-30-6-7-31-24/h4-8,11-12,14-15,17,34H,1-3,9-10H2,(H,30,31)(H,32,33). The van der Waals surface area contributed by atoms with Gasteiger partial charge in [-0.3, -0.25) is 4.79 Å². The highest BCUT2D eigenvalue weighted by Gasteiger charge is 2.55. The first-order chi connectivity index (χ1) is 17.5. The van der Waals surface area contributed by atoms with Crippen molar-refractivity contribution < 1.29 is 31.5 Å². The van der Waals surface area contributed by atoms with Crippen molar-refractivity contribution in [1.82, 2.24) is 9.97 Å². The Balaban J connectivity index is 1.42. The molecule has 2 unspecified atom stereocenters. The lowest BCUT2D eigenvalue weighted by Gasteiger charge is -2.50. The van der Waals surface area contributed by atoms with Crippen molar-refractivity contribution in [2.24, 2.45) is 11.8 Å². The maximum atomic E-state index is 13.7. The van der Waals surface area contributed by atoms with Crippen molar-refractivity contribution in [3.63, 3.8) is 0 Å². The van der Waals surface area contributed by atoms with Crippen LogP contribution in [0.4, 0.5) is 18.9 Å². The fourth-order valence-corrected chi connectivity index (χ4v) is 8.11. The molecular weight excluding hydrogens is 531 g/mol. The number of halogens is 4. The number of fused-ring (bicyclic) bond motifs is 2. The molecule has 2 saturated carbocycles. The number of hydrogen-bond donors (Lipinski definition) is 3. The van der Waals surface area contributed by atoms with E-state index in [1.165, 1.54) is 12.1 Å². The second-order valence-corrected chi connectivity index (χ2v) is 12.2. The van der Waals surface area contributed by atoms with Gasteiger partial charge in [0.05, 0.1) is 15.2 Å². The number of nitrogens with zero attached hydrogens (tertiary/aromatic N) is 1. The highest BCUT2D eigenvalue weighted by Crippen LogP contribution is 2.54. The molecule has 0 aliphatic heterocycles. The predicted molar refractivity (Wildman–Crippen MR) is 129 cm³/mol. The molecule has 2 atom stereocenters. The number of hydrogen-bond acceptors (Lipinski definition) is 5. The van der Waals surface area contributed by atoms with E-state index in [1.54, 1.807) is 12.4 Å². The van der Waals surface area contributed by atoms with Crippen LogP contribution < -0.4 is 5.32 Å². The van der Waals surface area contributed by atoms with Crippen LogP contribution in [0.5, 0.6) is 0 Å². The van der Waals surface area contributed by atoms with Gasteiger partial charge in [-0.25, -0.2) is 26.6 Å². The van der Waals surface area contributed by atoms with Gasteiger partial charge in [-0.1, -0.05) is 18.0 Å². The number of carbonyl (C=O) groups is 1. The zero-order valence-corrected chi connectivity index (χ0v) is 20.9. The average molecular weight is 554 g/mol. The molecule has 1 amide bonds. The van der Waals surface area contributed by atoms with E-state index in [2.05, 4.69) is 15.3 Å². The van der Waals surface area contributed by atoms with Gasteiger partial charge >= 0.3 is 0 Å². The lowest BCUT2D eigenvalue weighted by molar-refractivity contribution is -0.130. The van der Waals surface area contributed by atoms with Crippen LogP contribution in [0.15, 0.2) is 47.6 Å². The summed E-state index contributed by atoms with van der Waals surface area (Å²) in [5.74, 6) is -5.72. The quantitative estimate of drug-likeness (QED) is 0.386. The second kappa shape index (κ2) is 9.45. The first-order valence-corrected chi connectivity index (χ1v) is 13.7. The van der Waals surface area contributed by atoms with Crippen molar-refractivity contribution in [3.05, 3.63) is 76.6 Å². The van der Waals surface area contributed by atoms with E-state index in [4.69, 9.17) is 11.6 Å². The second-order valence-electron chi connectivity index (χ2n) is 9.58. The fourth-order valence-electron chi connectivity index (χ4n) is 5.71. The molecule has 0 saturated heterocycles. The molecule has 0 radical (unpaired) electrons. The van der Waals surface area contributed by atoms with Crippen LogP contribution in [-0.2, 0) is 15.4 Å². The molecule has 2 fully saturated rings. The molecule has 2 bridgehead atoms. The Morgan fingerprint density at radius 1 is 1.11 bits per heavy atom. The van der Waals surface area contributed by atoms with Crippen LogP contribution in [0, 0.1) is 29.3 Å². The molecule has 196 valence electrons. The van der Waals surface area contributed by atoms with Crippen molar-refractivity contribution in [2.45, 2.75) is 47.9 Å². The molecule has 2 aliphatic rings. The zero-order chi connectivity index (χ0) is 26.5. The molecule has 5 rings (SSSR count). The van der Waals surface area contributed by atoms with Crippen LogP contribution >= 0.6 is 11.6 Å². The minimum atomic E-state index is -4.02. The molecular formula is C25H23ClF3N3O4S. The van der Waals surface area contributed by atoms with E-state index in [1.807, 2.05) is 0 Å². The molecule has 2 aliphatic carbocycles. The molecule has 1 heterocycles. The van der Waals surface area contributed by atoms with Gasteiger partial charge in [-0.05, 0) is 55.7 Å². The Kier molecular flexibility index (Phi) is 6.57. The van der Waals surface area contributed by atoms with Gasteiger partial charge in [-0.15, -0.1) is 0 Å². The van der Waals surface area contributed by atoms with Gasteiger partial charge in [0, 0.05) is 35.8 Å². The number of anilines is 1. The molecule has 3 aromatic rings. The van der Waals surface area contributed by atoms with E-state index in [-0.39, 0.29) is 45.8 Å². The minimum Gasteiger partial charge on any atom is -0.381 e. The maximum Gasteiger partial charge on any atom is 0.255 e. The topological polar surface area (TPSA) is 112 Å². The number of nitrogens with one attached hydrogen (secondary N) is 2. The highest BCUT2D eigenvalue weighted by molar-refractivity contribution is 7.92. The third-order valence-electron chi connectivity index (χ3n) is 7.50. The highest BCUT2D eigenvalue weighted by atomic mass is 35.5. The summed E-state index contributed by atoms with van der Waals surface area (Å²) in [6.45, 7) is 0. The summed E-state index contributed by atoms with van der Waals surface area (Å²) in [7, 11) is -4.02. The zero-order valence-electron chi connectivity index (χ0n) is 19.3. The molecule has 2 aromatic carbocycles. The Labute approximate surface area is 216 Å². The Hall–Kier alpha value is -2.89. The van der Waals surface area contributed by atoms with Crippen molar-refractivity contribution in [2.75, 3.05) is 5.32 Å². The van der Waals surface area contributed by atoms with Crippen LogP contribution in [0.25, 0.3) is 0 Å². The number of aliphatic hydroxyl groups is 1. The fraction of sp³-hybridized carbons (Fsp3) is 0.360. The Bertz CT molecular complexity index is 1430. The van der Waals surface area contributed by atoms with E-state index in [9.17, 15) is 31.5 Å². The number of carbonyl (C=O) groups excluding carboxylic acids is 1. The van der Waals surface area contributed by atoms with Gasteiger partial charge in [0.25, 0.3) is 5.91 Å². The van der Waals surface area contributed by atoms with Crippen LogP contribution in [0.2, 0.25) is 5.02 Å². The average Bonchev–Trinajstić information content (AvgIpc) is 3.38. The lowest BCUT2D eigenvalue weighted by atomic mass is 9.61. The van der Waals surface area contributed by atoms with Crippen LogP contribution in [0.1, 0.15) is 48.3 Å². The van der Waals surface area contributed by atoms with Crippen molar-refractivity contribution in [3.8, 4) is 0 Å². The number of imidazole rings is 1. The van der Waals surface area contributed by atoms with Gasteiger partial charge in [0.15, 0.2) is 27.3 Å². The monoisotopic (exact) mass is 553 g/mol. The van der Waals surface area contributed by atoms with E-state index < -0.39 is 44.0 Å².